The topological polar surface area (TPSA) is 66.4 Å². The minimum absolute atomic E-state index is 0.419. The van der Waals surface area contributed by atoms with E-state index < -0.39 is 10.0 Å². The van der Waals surface area contributed by atoms with E-state index in [1.807, 2.05) is 42.5 Å². The van der Waals surface area contributed by atoms with Gasteiger partial charge >= 0.3 is 0 Å². The molecule has 0 N–H and O–H groups in total. The number of hydrogen-bond donors (Lipinski definition) is 0. The van der Waals surface area contributed by atoms with Gasteiger partial charge in [0.25, 0.3) is 0 Å². The molecule has 6 nitrogen and oxygen atoms in total. The fraction of sp³-hybridized carbons (Fsp3) is 0.250. The lowest BCUT2D eigenvalue weighted by Crippen LogP contribution is -2.48. The highest BCUT2D eigenvalue weighted by atomic mass is 32.2. The van der Waals surface area contributed by atoms with E-state index in [-0.39, 0.29) is 0 Å². The highest BCUT2D eigenvalue weighted by Crippen LogP contribution is 2.24. The van der Waals surface area contributed by atoms with Crippen LogP contribution in [-0.2, 0) is 10.0 Å². The molecular weight excluding hydrogens is 408 g/mol. The van der Waals surface area contributed by atoms with Crippen LogP contribution in [0, 0.1) is 13.8 Å². The van der Waals surface area contributed by atoms with Crippen molar-refractivity contribution in [3.8, 4) is 11.3 Å². The zero-order chi connectivity index (χ0) is 21.8. The predicted molar refractivity (Wildman–Crippen MR) is 125 cm³/mol. The van der Waals surface area contributed by atoms with Gasteiger partial charge in [0.15, 0.2) is 5.82 Å². The van der Waals surface area contributed by atoms with Crippen LogP contribution in [0.5, 0.6) is 0 Å². The van der Waals surface area contributed by atoms with E-state index in [0.717, 1.165) is 22.6 Å². The number of rotatable bonds is 5. The van der Waals surface area contributed by atoms with Gasteiger partial charge in [-0.3, -0.25) is 0 Å². The molecule has 0 amide bonds. The molecule has 1 aliphatic rings. The van der Waals surface area contributed by atoms with E-state index >= 15 is 0 Å². The van der Waals surface area contributed by atoms with E-state index in [1.165, 1.54) is 20.8 Å². The molecule has 0 radical (unpaired) electrons. The van der Waals surface area contributed by atoms with Crippen molar-refractivity contribution in [3.05, 3.63) is 82.8 Å². The lowest BCUT2D eigenvalue weighted by atomic mass is 10.0. The Bertz CT molecular complexity index is 1170. The third kappa shape index (κ3) is 5.00. The fourth-order valence-electron chi connectivity index (χ4n) is 3.72. The summed E-state index contributed by atoms with van der Waals surface area (Å²) in [7, 11) is -3.45. The van der Waals surface area contributed by atoms with Gasteiger partial charge in [0.2, 0.25) is 10.0 Å². The molecule has 1 fully saturated rings. The third-order valence-corrected chi connectivity index (χ3v) is 7.03. The summed E-state index contributed by atoms with van der Waals surface area (Å²) in [5.41, 5.74) is 5.17. The first-order valence-corrected chi connectivity index (χ1v) is 11.8. The Balaban J connectivity index is 1.40. The van der Waals surface area contributed by atoms with Gasteiger partial charge in [-0.2, -0.15) is 4.31 Å². The minimum atomic E-state index is -3.45. The summed E-state index contributed by atoms with van der Waals surface area (Å²) < 4.78 is 26.8. The van der Waals surface area contributed by atoms with Crippen LogP contribution in [-0.4, -0.2) is 49.1 Å². The van der Waals surface area contributed by atoms with Gasteiger partial charge in [-0.25, -0.2) is 8.42 Å². The maximum absolute atomic E-state index is 12.7. The quantitative estimate of drug-likeness (QED) is 0.610. The van der Waals surface area contributed by atoms with E-state index in [0.29, 0.717) is 26.2 Å². The maximum atomic E-state index is 12.7. The van der Waals surface area contributed by atoms with E-state index in [4.69, 9.17) is 0 Å². The molecule has 0 aliphatic carbocycles. The van der Waals surface area contributed by atoms with Gasteiger partial charge in [0.05, 0.1) is 5.69 Å². The molecule has 0 unspecified atom stereocenters. The average molecular weight is 435 g/mol. The Morgan fingerprint density at radius 1 is 0.871 bits per heavy atom. The number of sulfonamides is 1. The van der Waals surface area contributed by atoms with Crippen LogP contribution in [0.4, 0.5) is 5.82 Å². The first kappa shape index (κ1) is 21.2. The standard InChI is InChI=1S/C24H26N4O2S/c1-19-8-9-22(20(2)18-19)23-10-11-24(26-25-23)27-13-15-28(16-14-27)31(29,30)17-12-21-6-4-3-5-7-21/h3-12,17-18H,13-16H2,1-2H3/b17-12+. The maximum Gasteiger partial charge on any atom is 0.236 e. The van der Waals surface area contributed by atoms with Crippen molar-refractivity contribution < 1.29 is 8.42 Å². The molecule has 7 heteroatoms. The Morgan fingerprint density at radius 2 is 1.61 bits per heavy atom. The van der Waals surface area contributed by atoms with Gasteiger partial charge in [0.1, 0.15) is 0 Å². The van der Waals surface area contributed by atoms with Gasteiger partial charge in [-0.1, -0.05) is 54.1 Å². The van der Waals surface area contributed by atoms with Crippen molar-refractivity contribution >= 4 is 21.9 Å². The molecule has 0 atom stereocenters. The summed E-state index contributed by atoms with van der Waals surface area (Å²) in [5.74, 6) is 0.769. The zero-order valence-corrected chi connectivity index (χ0v) is 18.6. The second-order valence-corrected chi connectivity index (χ2v) is 9.56. The van der Waals surface area contributed by atoms with Crippen molar-refractivity contribution in [2.24, 2.45) is 0 Å². The van der Waals surface area contributed by atoms with Crippen LogP contribution >= 0.6 is 0 Å². The molecule has 4 rings (SSSR count). The van der Waals surface area contributed by atoms with Crippen LogP contribution in [0.15, 0.2) is 66.1 Å². The number of anilines is 1. The van der Waals surface area contributed by atoms with Crippen LogP contribution in [0.2, 0.25) is 0 Å². The van der Waals surface area contributed by atoms with Crippen molar-refractivity contribution in [1.29, 1.82) is 0 Å². The minimum Gasteiger partial charge on any atom is -0.352 e. The normalized spacial score (nSPS) is 15.5. The first-order valence-electron chi connectivity index (χ1n) is 10.3. The Morgan fingerprint density at radius 3 is 2.26 bits per heavy atom. The molecule has 2 heterocycles. The molecule has 3 aromatic rings. The first-order chi connectivity index (χ1) is 14.9. The fourth-order valence-corrected chi connectivity index (χ4v) is 4.90. The average Bonchev–Trinajstić information content (AvgIpc) is 2.79. The van der Waals surface area contributed by atoms with Crippen LogP contribution < -0.4 is 4.90 Å². The monoisotopic (exact) mass is 434 g/mol. The van der Waals surface area contributed by atoms with Gasteiger partial charge in [0, 0.05) is 37.2 Å². The number of aryl methyl sites for hydroxylation is 2. The van der Waals surface area contributed by atoms with Crippen molar-refractivity contribution in [1.82, 2.24) is 14.5 Å². The molecule has 0 spiro atoms. The lowest BCUT2D eigenvalue weighted by Gasteiger charge is -2.33. The highest BCUT2D eigenvalue weighted by Gasteiger charge is 2.25. The smallest absolute Gasteiger partial charge is 0.236 e. The van der Waals surface area contributed by atoms with Gasteiger partial charge in [-0.15, -0.1) is 10.2 Å². The SMILES string of the molecule is Cc1ccc(-c2ccc(N3CCN(S(=O)(=O)/C=C/c4ccccc4)CC3)nn2)c(C)c1. The summed E-state index contributed by atoms with van der Waals surface area (Å²) in [4.78, 5) is 2.08. The summed E-state index contributed by atoms with van der Waals surface area (Å²) in [5, 5.41) is 10.1. The molecular formula is C24H26N4O2S. The zero-order valence-electron chi connectivity index (χ0n) is 17.8. The molecule has 2 aromatic carbocycles. The molecule has 160 valence electrons. The molecule has 1 aromatic heterocycles. The van der Waals surface area contributed by atoms with Crippen molar-refractivity contribution in [2.75, 3.05) is 31.1 Å². The Hall–Kier alpha value is -3.03. The number of benzene rings is 2. The highest BCUT2D eigenvalue weighted by molar-refractivity contribution is 7.92. The third-order valence-electron chi connectivity index (χ3n) is 5.46. The van der Waals surface area contributed by atoms with Crippen molar-refractivity contribution in [3.63, 3.8) is 0 Å². The van der Waals surface area contributed by atoms with Crippen LogP contribution in [0.25, 0.3) is 17.3 Å². The number of hydrogen-bond acceptors (Lipinski definition) is 5. The summed E-state index contributed by atoms with van der Waals surface area (Å²) in [6.07, 6.45) is 1.64. The number of aromatic nitrogens is 2. The van der Waals surface area contributed by atoms with Gasteiger partial charge in [-0.05, 0) is 43.2 Å². The largest absolute Gasteiger partial charge is 0.352 e. The second kappa shape index (κ2) is 8.99. The predicted octanol–water partition coefficient (Wildman–Crippen LogP) is 3.88. The summed E-state index contributed by atoms with van der Waals surface area (Å²) in [6, 6.07) is 19.7. The van der Waals surface area contributed by atoms with Crippen LogP contribution in [0.3, 0.4) is 0 Å². The molecule has 0 saturated carbocycles. The van der Waals surface area contributed by atoms with Crippen LogP contribution in [0.1, 0.15) is 16.7 Å². The second-order valence-electron chi connectivity index (χ2n) is 7.74. The molecule has 31 heavy (non-hydrogen) atoms. The Kier molecular flexibility index (Phi) is 6.15. The summed E-state index contributed by atoms with van der Waals surface area (Å²) >= 11 is 0. The molecule has 0 bridgehead atoms. The summed E-state index contributed by atoms with van der Waals surface area (Å²) in [6.45, 7) is 6.14. The van der Waals surface area contributed by atoms with Gasteiger partial charge < -0.3 is 4.90 Å². The number of nitrogens with zero attached hydrogens (tertiary/aromatic N) is 4. The lowest BCUT2D eigenvalue weighted by molar-refractivity contribution is 0.388. The number of piperazine rings is 1. The molecule has 1 aliphatic heterocycles. The molecule has 1 saturated heterocycles. The van der Waals surface area contributed by atoms with E-state index in [1.54, 1.807) is 6.08 Å². The van der Waals surface area contributed by atoms with E-state index in [2.05, 4.69) is 47.1 Å². The Labute approximate surface area is 183 Å². The van der Waals surface area contributed by atoms with Crippen molar-refractivity contribution in [2.45, 2.75) is 13.8 Å². The van der Waals surface area contributed by atoms with E-state index in [9.17, 15) is 8.42 Å².